The molecule has 1 atom stereocenters. The number of fused-ring (bicyclic) bond motifs is 16. The Kier molecular flexibility index (Phi) is 25.7. The number of nitrogens with zero attached hydrogens (tertiary/aromatic N) is 11. The van der Waals surface area contributed by atoms with Gasteiger partial charge in [-0.3, -0.25) is 0 Å². The summed E-state index contributed by atoms with van der Waals surface area (Å²) in [7, 11) is 4.17. The van der Waals surface area contributed by atoms with Crippen LogP contribution < -0.4 is 9.80 Å². The van der Waals surface area contributed by atoms with Crippen molar-refractivity contribution in [2.45, 2.75) is 65.2 Å². The lowest BCUT2D eigenvalue weighted by molar-refractivity contribution is 0.658. The number of benzene rings is 19. The van der Waals surface area contributed by atoms with E-state index in [0.717, 1.165) is 89.8 Å². The van der Waals surface area contributed by atoms with Gasteiger partial charge in [0.15, 0.2) is 29.1 Å². The number of rotatable bonds is 14. The van der Waals surface area contributed by atoms with Crippen LogP contribution in [0.3, 0.4) is 0 Å². The second kappa shape index (κ2) is 40.4. The van der Waals surface area contributed by atoms with E-state index in [9.17, 15) is 0 Å². The predicted molar refractivity (Wildman–Crippen MR) is 601 cm³/mol. The van der Waals surface area contributed by atoms with Crippen LogP contribution in [0.4, 0.5) is 22.7 Å². The van der Waals surface area contributed by atoms with Gasteiger partial charge in [-0.15, -0.1) is 0 Å². The standard InChI is InChI=1S/C40H29N3.C35H23N3.C32H25N3.C15H17N.C13H13N/c1-28-41-39(37-24-33(29-14-6-2-7-15-29)22-34(25-37)30-16-8-3-9-17-30)43-40(42-28)38-26-35(31-18-10-4-11-19-31)23-36(27-38)32-20-12-5-13-21-32;1-22-36-33(23-11-3-2-4-12-23)38-34(37-22)24-19-20-28-27-15-7-10-18-31(27)35(32(28)21-24)29-16-8-5-13-25(29)26-14-6-9-17-30(26)35;1-19-33-30(20-11-5-4-6-12-20)35-31(34-19)29-23-15-8-7-13-21(23)24-17-25-22-14-9-10-16-27(22)32(2,3)28(25)18-26(24)29;1-12-4-8-14(9-5-12)16(3)15-10-6-13(2)7-11-15;1-14(12-8-4-2-5-9-12)13-10-6-3-7-11-13/h2-27H,1H3;2-21H,1H3;4-18,29H,1-3H3;4-11H,1-3H3;2-11H,1H3. The minimum atomic E-state index is -0.376. The number of aromatic nitrogens is 9. The SMILES string of the molecule is CN(c1ccccc1)c1ccccc1.Cc1ccc(N(C)c2ccc(C)cc2)cc1.Cc1nc(-c2cc(-c3ccccc3)cc(-c3ccccc3)c2)nc(-c2cc(-c3ccccc3)cc(-c3ccccc3)c2)n1.Cc1nc(-c2ccccc2)nc(-c2ccc3c(c2)C2(c4ccccc4-c4ccccc42)c2ccccc2-3)n1.Cc1nc(-c2ccccc2)nc(C2c3ccccc3-c3cc4c(cc32)C(C)(C)c2ccccc2-4)n1. The third-order valence-electron chi connectivity index (χ3n) is 28.4. The summed E-state index contributed by atoms with van der Waals surface area (Å²) in [6.07, 6.45) is 0. The summed E-state index contributed by atoms with van der Waals surface area (Å²) in [5.41, 5.74) is 42.0. The summed E-state index contributed by atoms with van der Waals surface area (Å²) in [6.45, 7) is 14.7. The second-order valence-corrected chi connectivity index (χ2v) is 38.2. The first-order valence-corrected chi connectivity index (χ1v) is 49.9. The zero-order valence-electron chi connectivity index (χ0n) is 83.1. The summed E-state index contributed by atoms with van der Waals surface area (Å²) >= 11 is 0. The lowest BCUT2D eigenvalue weighted by Crippen LogP contribution is -2.25. The van der Waals surface area contributed by atoms with Crippen LogP contribution in [0, 0.1) is 34.6 Å². The molecule has 0 N–H and O–H groups in total. The van der Waals surface area contributed by atoms with Crippen molar-refractivity contribution in [3.8, 4) is 146 Å². The molecule has 0 radical (unpaired) electrons. The molecule has 0 fully saturated rings. The zero-order valence-corrected chi connectivity index (χ0v) is 83.1. The first-order chi connectivity index (χ1) is 71.5. The van der Waals surface area contributed by atoms with Crippen molar-refractivity contribution >= 4 is 22.7 Å². The van der Waals surface area contributed by atoms with Crippen LogP contribution in [-0.4, -0.2) is 59.0 Å². The van der Waals surface area contributed by atoms with Crippen LogP contribution >= 0.6 is 0 Å². The summed E-state index contributed by atoms with van der Waals surface area (Å²) in [5, 5.41) is 0. The third kappa shape index (κ3) is 18.5. The lowest BCUT2D eigenvalue weighted by atomic mass is 9.70. The Morgan fingerprint density at radius 2 is 0.479 bits per heavy atom. The zero-order chi connectivity index (χ0) is 99.4. The second-order valence-electron chi connectivity index (χ2n) is 38.2. The number of anilines is 4. The maximum atomic E-state index is 5.09. The van der Waals surface area contributed by atoms with Gasteiger partial charge in [-0.2, -0.15) is 0 Å². The van der Waals surface area contributed by atoms with E-state index in [1.807, 2.05) is 106 Å². The molecule has 3 aromatic heterocycles. The number of hydrogen-bond donors (Lipinski definition) is 0. The number of para-hydroxylation sites is 2. The van der Waals surface area contributed by atoms with Gasteiger partial charge in [0.2, 0.25) is 0 Å². The van der Waals surface area contributed by atoms with Crippen molar-refractivity contribution in [3.05, 3.63) is 558 Å². The molecule has 4 aliphatic rings. The first-order valence-electron chi connectivity index (χ1n) is 49.9. The smallest absolute Gasteiger partial charge is 0.163 e. The van der Waals surface area contributed by atoms with Gasteiger partial charge in [0.1, 0.15) is 23.3 Å². The first kappa shape index (κ1) is 92.8. The van der Waals surface area contributed by atoms with Crippen molar-refractivity contribution in [2.24, 2.45) is 0 Å². The Balaban J connectivity index is 0.000000109. The molecule has 22 aromatic rings. The summed E-state index contributed by atoms with van der Waals surface area (Å²) in [6, 6.07) is 169. The van der Waals surface area contributed by atoms with Gasteiger partial charge in [0.25, 0.3) is 0 Å². The Bertz CT molecular complexity index is 8090. The molecule has 0 bridgehead atoms. The van der Waals surface area contributed by atoms with Crippen molar-refractivity contribution in [1.29, 1.82) is 0 Å². The van der Waals surface area contributed by atoms with Crippen LogP contribution in [0.2, 0.25) is 0 Å². The van der Waals surface area contributed by atoms with Crippen molar-refractivity contribution in [3.63, 3.8) is 0 Å². The summed E-state index contributed by atoms with van der Waals surface area (Å²) < 4.78 is 0. The summed E-state index contributed by atoms with van der Waals surface area (Å²) in [5.74, 6) is 6.37. The van der Waals surface area contributed by atoms with Gasteiger partial charge in [-0.1, -0.05) is 407 Å². The van der Waals surface area contributed by atoms with Crippen LogP contribution in [0.5, 0.6) is 0 Å². The van der Waals surface area contributed by atoms with E-state index < -0.39 is 0 Å². The van der Waals surface area contributed by atoms with Crippen LogP contribution in [0.1, 0.15) is 98.7 Å². The van der Waals surface area contributed by atoms with Gasteiger partial charge in [-0.25, -0.2) is 44.9 Å². The summed E-state index contributed by atoms with van der Waals surface area (Å²) in [4.78, 5) is 48.1. The average Bonchev–Trinajstić information content (AvgIpc) is 1.50. The fourth-order valence-corrected chi connectivity index (χ4v) is 21.2. The molecule has 26 rings (SSSR count). The van der Waals surface area contributed by atoms with E-state index in [1.165, 1.54) is 123 Å². The van der Waals surface area contributed by atoms with Crippen LogP contribution in [-0.2, 0) is 10.8 Å². The van der Waals surface area contributed by atoms with Gasteiger partial charge in [0.05, 0.1) is 11.3 Å². The molecule has 1 unspecified atom stereocenters. The van der Waals surface area contributed by atoms with E-state index in [-0.39, 0.29) is 16.7 Å². The molecule has 0 amide bonds. The average molecular weight is 1880 g/mol. The minimum Gasteiger partial charge on any atom is -0.345 e. The maximum Gasteiger partial charge on any atom is 0.163 e. The lowest BCUT2D eigenvalue weighted by Gasteiger charge is -2.30. The molecule has 1 spiro atoms. The monoisotopic (exact) mass is 1880 g/mol. The van der Waals surface area contributed by atoms with Crippen LogP contribution in [0.15, 0.2) is 479 Å². The molecule has 11 nitrogen and oxygen atoms in total. The van der Waals surface area contributed by atoms with Gasteiger partial charge in [0, 0.05) is 70.1 Å². The van der Waals surface area contributed by atoms with E-state index >= 15 is 0 Å². The molecule has 0 saturated carbocycles. The van der Waals surface area contributed by atoms with E-state index in [2.05, 4.69) is 456 Å². The van der Waals surface area contributed by atoms with E-state index in [4.69, 9.17) is 34.9 Å². The fourth-order valence-electron chi connectivity index (χ4n) is 21.2. The fraction of sp³-hybridized carbons (Fsp3) is 0.0889. The maximum absolute atomic E-state index is 5.09. The molecule has 0 saturated heterocycles. The minimum absolute atomic E-state index is 0.0184. The molecule has 702 valence electrons. The molecular weight excluding hydrogens is 1780 g/mol. The normalized spacial score (nSPS) is 12.7. The van der Waals surface area contributed by atoms with Crippen molar-refractivity contribution in [1.82, 2.24) is 44.9 Å². The third-order valence-corrected chi connectivity index (χ3v) is 28.4. The Hall–Kier alpha value is -18.2. The quantitative estimate of drug-likeness (QED) is 0.103. The topological polar surface area (TPSA) is 122 Å². The molecule has 19 aromatic carbocycles. The van der Waals surface area contributed by atoms with Crippen molar-refractivity contribution < 1.29 is 0 Å². The molecule has 3 heterocycles. The predicted octanol–water partition coefficient (Wildman–Crippen LogP) is 32.9. The molecule has 11 heteroatoms. The largest absolute Gasteiger partial charge is 0.345 e. The highest BCUT2D eigenvalue weighted by Gasteiger charge is 2.52. The number of hydrogen-bond acceptors (Lipinski definition) is 11. The van der Waals surface area contributed by atoms with Crippen LogP contribution in [0.25, 0.3) is 146 Å². The Labute approximate surface area is 855 Å². The molecule has 146 heavy (non-hydrogen) atoms. The molecule has 4 aliphatic carbocycles. The highest BCUT2D eigenvalue weighted by molar-refractivity contribution is 5.97. The molecule has 0 aliphatic heterocycles. The molecular formula is C135H107N11. The highest BCUT2D eigenvalue weighted by atomic mass is 15.1. The van der Waals surface area contributed by atoms with E-state index in [0.29, 0.717) is 34.9 Å². The van der Waals surface area contributed by atoms with Gasteiger partial charge in [-0.05, 0) is 265 Å². The van der Waals surface area contributed by atoms with Gasteiger partial charge >= 0.3 is 0 Å². The van der Waals surface area contributed by atoms with Crippen molar-refractivity contribution in [2.75, 3.05) is 23.9 Å². The number of aryl methyl sites for hydroxylation is 5. The Morgan fingerprint density at radius 3 is 0.877 bits per heavy atom. The Morgan fingerprint density at radius 1 is 0.185 bits per heavy atom. The highest BCUT2D eigenvalue weighted by Crippen LogP contribution is 2.64. The van der Waals surface area contributed by atoms with Gasteiger partial charge < -0.3 is 9.80 Å². The van der Waals surface area contributed by atoms with E-state index in [1.54, 1.807) is 0 Å².